The third kappa shape index (κ3) is 5.33. The summed E-state index contributed by atoms with van der Waals surface area (Å²) in [6.45, 7) is 3.65. The number of hydrogen-bond donors (Lipinski definition) is 1. The van der Waals surface area contributed by atoms with Gasteiger partial charge in [0.1, 0.15) is 11.6 Å². The van der Waals surface area contributed by atoms with Crippen molar-refractivity contribution in [3.8, 4) is 0 Å². The average molecular weight is 463 g/mol. The predicted molar refractivity (Wildman–Crippen MR) is 126 cm³/mol. The molecule has 2 aliphatic heterocycles. The Morgan fingerprint density at radius 3 is 2.65 bits per heavy atom. The van der Waals surface area contributed by atoms with Gasteiger partial charge in [0.2, 0.25) is 5.91 Å². The molecule has 4 heterocycles. The number of nitrogens with zero attached hydrogens (tertiary/aromatic N) is 5. The minimum atomic E-state index is -0.249. The number of H-pyrrole nitrogens is 1. The van der Waals surface area contributed by atoms with Crippen LogP contribution in [-0.4, -0.2) is 62.1 Å². The molecule has 34 heavy (non-hydrogen) atoms. The van der Waals surface area contributed by atoms with Crippen LogP contribution in [0.3, 0.4) is 0 Å². The van der Waals surface area contributed by atoms with Crippen LogP contribution in [0.1, 0.15) is 54.6 Å². The Hall–Kier alpha value is -3.13. The molecular weight excluding hydrogens is 431 g/mol. The number of nitrogens with one attached hydrogen (secondary N) is 1. The van der Waals surface area contributed by atoms with Gasteiger partial charge in [-0.1, -0.05) is 18.2 Å². The van der Waals surface area contributed by atoms with Crippen molar-refractivity contribution in [3.63, 3.8) is 0 Å². The van der Waals surface area contributed by atoms with E-state index >= 15 is 0 Å². The number of rotatable bonds is 7. The first-order valence-electron chi connectivity index (χ1n) is 12.2. The van der Waals surface area contributed by atoms with E-state index in [4.69, 9.17) is 0 Å². The molecule has 178 valence electrons. The van der Waals surface area contributed by atoms with Crippen molar-refractivity contribution in [2.24, 2.45) is 5.92 Å². The van der Waals surface area contributed by atoms with Crippen LogP contribution in [0.25, 0.3) is 0 Å². The summed E-state index contributed by atoms with van der Waals surface area (Å²) in [4.78, 5) is 26.9. The van der Waals surface area contributed by atoms with Gasteiger partial charge in [0.25, 0.3) is 0 Å². The topological polar surface area (TPSA) is 78.0 Å². The Balaban J connectivity index is 1.15. The van der Waals surface area contributed by atoms with Gasteiger partial charge >= 0.3 is 0 Å². The van der Waals surface area contributed by atoms with Crippen LogP contribution in [-0.2, 0) is 17.6 Å². The second-order valence-corrected chi connectivity index (χ2v) is 9.32. The van der Waals surface area contributed by atoms with Gasteiger partial charge in [-0.15, -0.1) is 0 Å². The maximum absolute atomic E-state index is 13.4. The summed E-state index contributed by atoms with van der Waals surface area (Å²) >= 11 is 0. The second kappa shape index (κ2) is 10.4. The Morgan fingerprint density at radius 2 is 1.88 bits per heavy atom. The summed E-state index contributed by atoms with van der Waals surface area (Å²) in [5, 5.41) is 7.45. The lowest BCUT2D eigenvalue weighted by atomic mass is 9.94. The number of carbonyl (C=O) groups is 1. The number of halogens is 1. The number of piperidine rings is 1. The minimum absolute atomic E-state index is 0.0621. The zero-order chi connectivity index (χ0) is 23.3. The summed E-state index contributed by atoms with van der Waals surface area (Å²) in [6.07, 6.45) is 7.00. The maximum Gasteiger partial charge on any atom is 0.226 e. The number of pyridine rings is 1. The fraction of sp³-hybridized carbons (Fsp3) is 0.462. The Bertz CT molecular complexity index is 1080. The van der Waals surface area contributed by atoms with Crippen LogP contribution in [0.5, 0.6) is 0 Å². The lowest BCUT2D eigenvalue weighted by Crippen LogP contribution is -2.43. The van der Waals surface area contributed by atoms with E-state index in [0.29, 0.717) is 12.2 Å². The maximum atomic E-state index is 13.4. The molecule has 0 radical (unpaired) electrons. The van der Waals surface area contributed by atoms with Gasteiger partial charge in [-0.3, -0.25) is 14.9 Å². The van der Waals surface area contributed by atoms with Gasteiger partial charge in [0, 0.05) is 43.7 Å². The van der Waals surface area contributed by atoms with Gasteiger partial charge in [0.05, 0.1) is 6.04 Å². The molecule has 2 saturated heterocycles. The highest BCUT2D eigenvalue weighted by Gasteiger charge is 2.37. The highest BCUT2D eigenvalue weighted by atomic mass is 19.1. The molecule has 2 aromatic heterocycles. The highest BCUT2D eigenvalue weighted by molar-refractivity contribution is 5.79. The molecule has 1 amide bonds. The molecule has 0 spiro atoms. The molecule has 1 atom stereocenters. The van der Waals surface area contributed by atoms with Crippen LogP contribution >= 0.6 is 0 Å². The minimum Gasteiger partial charge on any atom is -0.332 e. The van der Waals surface area contributed by atoms with Crippen molar-refractivity contribution >= 4 is 5.91 Å². The Morgan fingerprint density at radius 1 is 1.06 bits per heavy atom. The largest absolute Gasteiger partial charge is 0.332 e. The van der Waals surface area contributed by atoms with E-state index in [9.17, 15) is 9.18 Å². The van der Waals surface area contributed by atoms with E-state index in [0.717, 1.165) is 75.4 Å². The molecule has 5 rings (SSSR count). The Kier molecular flexibility index (Phi) is 6.94. The molecule has 0 aliphatic carbocycles. The summed E-state index contributed by atoms with van der Waals surface area (Å²) in [5.74, 6) is 1.50. The second-order valence-electron chi connectivity index (χ2n) is 9.32. The molecular formula is C26H31FN6O. The fourth-order valence-electron chi connectivity index (χ4n) is 5.09. The molecule has 7 nitrogen and oxygen atoms in total. The quantitative estimate of drug-likeness (QED) is 0.581. The van der Waals surface area contributed by atoms with Crippen molar-refractivity contribution in [3.05, 3.63) is 77.4 Å². The summed E-state index contributed by atoms with van der Waals surface area (Å²) in [7, 11) is 0. The molecule has 2 fully saturated rings. The van der Waals surface area contributed by atoms with E-state index in [1.165, 1.54) is 12.1 Å². The summed E-state index contributed by atoms with van der Waals surface area (Å²) < 4.78 is 13.2. The average Bonchev–Trinajstić information content (AvgIpc) is 3.54. The van der Waals surface area contributed by atoms with E-state index < -0.39 is 0 Å². The standard InChI is InChI=1S/C26H31FN6O/c27-21-8-6-19(7-9-21)18-24-29-25(31-30-24)23-5-3-14-33(23)26(34)20-10-15-32(16-11-20)17-12-22-4-1-2-13-28-22/h1-2,4,6-9,13,20,23H,3,5,10-12,14-18H2,(H,29,30,31)/t23-/m1/s1. The predicted octanol–water partition coefficient (Wildman–Crippen LogP) is 3.55. The van der Waals surface area contributed by atoms with Crippen LogP contribution in [0.4, 0.5) is 4.39 Å². The number of hydrogen-bond acceptors (Lipinski definition) is 5. The van der Waals surface area contributed by atoms with Crippen LogP contribution in [0.15, 0.2) is 48.7 Å². The zero-order valence-electron chi connectivity index (χ0n) is 19.4. The number of carbonyl (C=O) groups excluding carboxylic acids is 1. The fourth-order valence-corrected chi connectivity index (χ4v) is 5.09. The molecule has 1 N–H and O–H groups in total. The van der Waals surface area contributed by atoms with E-state index in [1.54, 1.807) is 12.1 Å². The van der Waals surface area contributed by atoms with Crippen molar-refractivity contribution in [2.75, 3.05) is 26.2 Å². The van der Waals surface area contributed by atoms with Crippen molar-refractivity contribution in [1.82, 2.24) is 30.0 Å². The molecule has 0 unspecified atom stereocenters. The van der Waals surface area contributed by atoms with E-state index in [2.05, 4.69) is 31.1 Å². The van der Waals surface area contributed by atoms with Gasteiger partial charge < -0.3 is 9.80 Å². The summed E-state index contributed by atoms with van der Waals surface area (Å²) in [5.41, 5.74) is 2.09. The summed E-state index contributed by atoms with van der Waals surface area (Å²) in [6, 6.07) is 12.4. The normalized spacial score (nSPS) is 19.6. The van der Waals surface area contributed by atoms with Gasteiger partial charge in [-0.25, -0.2) is 9.37 Å². The number of amides is 1. The number of likely N-dealkylation sites (tertiary alicyclic amines) is 2. The number of aromatic nitrogens is 4. The Labute approximate surface area is 199 Å². The SMILES string of the molecule is O=C(C1CCN(CCc2ccccn2)CC1)N1CCC[C@@H]1c1n[nH]c(Cc2ccc(F)cc2)n1. The zero-order valence-corrected chi connectivity index (χ0v) is 19.4. The molecule has 2 aliphatic rings. The van der Waals surface area contributed by atoms with Crippen molar-refractivity contribution in [2.45, 2.75) is 44.6 Å². The van der Waals surface area contributed by atoms with Crippen LogP contribution in [0.2, 0.25) is 0 Å². The lowest BCUT2D eigenvalue weighted by Gasteiger charge is -2.34. The van der Waals surface area contributed by atoms with Crippen molar-refractivity contribution < 1.29 is 9.18 Å². The number of benzene rings is 1. The molecule has 0 saturated carbocycles. The van der Waals surface area contributed by atoms with Crippen LogP contribution in [0, 0.1) is 11.7 Å². The van der Waals surface area contributed by atoms with Gasteiger partial charge in [-0.05, 0) is 68.6 Å². The van der Waals surface area contributed by atoms with Gasteiger partial charge in [-0.2, -0.15) is 5.10 Å². The van der Waals surface area contributed by atoms with Crippen molar-refractivity contribution in [1.29, 1.82) is 0 Å². The lowest BCUT2D eigenvalue weighted by molar-refractivity contribution is -0.138. The third-order valence-electron chi connectivity index (χ3n) is 7.01. The van der Waals surface area contributed by atoms with Crippen LogP contribution < -0.4 is 0 Å². The first kappa shape index (κ1) is 22.7. The molecule has 3 aromatic rings. The third-order valence-corrected chi connectivity index (χ3v) is 7.01. The smallest absolute Gasteiger partial charge is 0.226 e. The molecule has 8 heteroatoms. The first-order chi connectivity index (χ1) is 16.7. The van der Waals surface area contributed by atoms with E-state index in [1.807, 2.05) is 23.2 Å². The van der Waals surface area contributed by atoms with E-state index in [-0.39, 0.29) is 23.7 Å². The monoisotopic (exact) mass is 462 g/mol. The first-order valence-corrected chi connectivity index (χ1v) is 12.2. The molecule has 1 aromatic carbocycles. The van der Waals surface area contributed by atoms with Gasteiger partial charge in [0.15, 0.2) is 5.82 Å². The highest BCUT2D eigenvalue weighted by Crippen LogP contribution is 2.33. The number of aromatic amines is 1. The molecule has 0 bridgehead atoms.